The van der Waals surface area contributed by atoms with Crippen molar-refractivity contribution < 1.29 is 54.5 Å². The van der Waals surface area contributed by atoms with Crippen LogP contribution in [0.25, 0.3) is 5.73 Å². The number of carbonyl (C=O) groups is 2. The van der Waals surface area contributed by atoms with Gasteiger partial charge in [-0.25, -0.2) is 0 Å². The van der Waals surface area contributed by atoms with Crippen molar-refractivity contribution in [2.75, 3.05) is 38.1 Å². The Balaban J connectivity index is 0.00000256. The van der Waals surface area contributed by atoms with Gasteiger partial charge < -0.3 is 0 Å². The van der Waals surface area contributed by atoms with Crippen LogP contribution >= 0.6 is 0 Å². The molecule has 8 nitrogen and oxygen atoms in total. The van der Waals surface area contributed by atoms with Crippen LogP contribution in [0.2, 0.25) is 0 Å². The Kier molecular flexibility index (Phi) is 7.03. The summed E-state index contributed by atoms with van der Waals surface area (Å²) >= 11 is 0.481. The van der Waals surface area contributed by atoms with Gasteiger partial charge in [-0.3, -0.25) is 0 Å². The van der Waals surface area contributed by atoms with E-state index in [1.165, 1.54) is 12.1 Å². The van der Waals surface area contributed by atoms with E-state index in [1.807, 2.05) is 4.90 Å². The zero-order valence-electron chi connectivity index (χ0n) is 17.0. The van der Waals surface area contributed by atoms with E-state index in [-0.39, 0.29) is 76.5 Å². The number of fused-ring (bicyclic) bond motifs is 7. The van der Waals surface area contributed by atoms with Crippen LogP contribution in [-0.2, 0) is 2.79 Å². The minimum absolute atomic E-state index is 0. The van der Waals surface area contributed by atoms with Crippen molar-refractivity contribution in [3.8, 4) is 11.5 Å². The van der Waals surface area contributed by atoms with E-state index in [1.54, 1.807) is 12.1 Å². The van der Waals surface area contributed by atoms with E-state index in [0.29, 0.717) is 58.8 Å². The normalized spacial score (nSPS) is 20.4. The smallest absolute Gasteiger partial charge is 1.00 e. The Morgan fingerprint density at radius 1 is 1.03 bits per heavy atom. The number of nitrogens with one attached hydrogen (secondary N) is 2. The maximum absolute atomic E-state index is 13.5. The number of hydrogen-bond acceptors (Lipinski definition) is 7. The fraction of sp³-hybridized carbons (Fsp3) is 0.300. The Morgan fingerprint density at radius 3 is 2.20 bits per heavy atom. The number of nitrogens with zero attached hydrogens (tertiary/aromatic N) is 1. The van der Waals surface area contributed by atoms with Crippen molar-refractivity contribution in [1.29, 1.82) is 0 Å². The standard InChI is InChI=1S/C20H19N3O5.2Na/c21-9-12-10-1-2-11(22-5-6-23(12)7-8-24)16-15(10)19(27)17-13(25)3-4-14(26)18(17)20(16)28;;/h1-4,21-22,24-26H,5-9H2;;/q-1;;+1. The van der Waals surface area contributed by atoms with Gasteiger partial charge in [-0.2, -0.15) is 0 Å². The first-order valence-electron chi connectivity index (χ1n) is 9.41. The molecule has 146 valence electrons. The van der Waals surface area contributed by atoms with Crippen LogP contribution in [0.1, 0.15) is 37.4 Å². The van der Waals surface area contributed by atoms with Gasteiger partial charge in [-0.15, -0.1) is 0 Å². The molecular formula is C20H19N3Na2O5. The summed E-state index contributed by atoms with van der Waals surface area (Å²) in [6, 6.07) is 5.88. The molecule has 0 fully saturated rings. The number of rotatable bonds is 3. The largest absolute Gasteiger partial charge is 1.00 e. The molecule has 2 aromatic carbocycles. The minimum atomic E-state index is -0.794. The summed E-state index contributed by atoms with van der Waals surface area (Å²) in [5, 5.41) is 33.3. The molecule has 1 aliphatic heterocycles. The first-order chi connectivity index (χ1) is 13.8. The molecule has 0 saturated carbocycles. The molecule has 0 saturated heterocycles. The van der Waals surface area contributed by atoms with Gasteiger partial charge in [0.15, 0.2) is 0 Å². The fourth-order valence-corrected chi connectivity index (χ4v) is 5.25. The quantitative estimate of drug-likeness (QED) is 0.280. The maximum atomic E-state index is 13.5. The second kappa shape index (κ2) is 8.90. The van der Waals surface area contributed by atoms with Crippen molar-refractivity contribution in [2.24, 2.45) is 0 Å². The Bertz CT molecular complexity index is 1050. The third-order valence-electron chi connectivity index (χ3n) is 5.96. The van der Waals surface area contributed by atoms with Crippen LogP contribution in [0.15, 0.2) is 24.3 Å². The summed E-state index contributed by atoms with van der Waals surface area (Å²) in [5.41, 5.74) is 9.23. The molecule has 1 aliphatic carbocycles. The van der Waals surface area contributed by atoms with Gasteiger partial charge in [0.05, 0.1) is 0 Å². The molecule has 0 spiro atoms. The third kappa shape index (κ3) is 3.44. The summed E-state index contributed by atoms with van der Waals surface area (Å²) in [5.74, 6) is -1.79. The molecular weight excluding hydrogens is 408 g/mol. The van der Waals surface area contributed by atoms with Gasteiger partial charge >= 0.3 is 215 Å². The third-order valence-corrected chi connectivity index (χ3v) is 7.49. The van der Waals surface area contributed by atoms with Gasteiger partial charge in [0.1, 0.15) is 0 Å². The number of β-amino-alcohol motifs (C(OH)–C–C–N with tert-alkyl or cyclic N) is 1. The van der Waals surface area contributed by atoms with E-state index in [2.05, 4.69) is 5.32 Å². The molecule has 10 heteroatoms. The van der Waals surface area contributed by atoms with Gasteiger partial charge in [0, 0.05) is 0 Å². The first-order valence-corrected chi connectivity index (χ1v) is 10.4. The van der Waals surface area contributed by atoms with Crippen LogP contribution < -0.4 is 34.9 Å². The number of aliphatic hydroxyl groups excluding tert-OH is 1. The molecule has 2 aromatic rings. The molecule has 5 N–H and O–H groups in total. The SMILES string of the molecule is [NH-]C[C]1([Na])c2ccc(c3c2C(=O)c2c(O)ccc(O)c2C3=O)NCCN1CCO.[Na+]. The van der Waals surface area contributed by atoms with Crippen molar-refractivity contribution >= 4 is 45.2 Å². The maximum Gasteiger partial charge on any atom is 1.00 e. The molecule has 30 heavy (non-hydrogen) atoms. The fourth-order valence-electron chi connectivity index (χ4n) is 4.39. The van der Waals surface area contributed by atoms with Gasteiger partial charge in [-0.05, 0) is 0 Å². The number of carbonyl (C=O) groups excluding carboxylic acids is 2. The summed E-state index contributed by atoms with van der Waals surface area (Å²) in [7, 11) is 0. The van der Waals surface area contributed by atoms with Crippen molar-refractivity contribution in [3.05, 3.63) is 57.8 Å². The van der Waals surface area contributed by atoms with Crippen LogP contribution in [0.5, 0.6) is 11.5 Å². The van der Waals surface area contributed by atoms with Gasteiger partial charge in [-0.1, -0.05) is 0 Å². The summed E-state index contributed by atoms with van der Waals surface area (Å²) in [6.45, 7) is 1.21. The molecule has 0 aromatic heterocycles. The van der Waals surface area contributed by atoms with Crippen LogP contribution in [0.4, 0.5) is 5.69 Å². The second-order valence-corrected chi connectivity index (χ2v) is 9.17. The van der Waals surface area contributed by atoms with Gasteiger partial charge in [0.2, 0.25) is 0 Å². The Morgan fingerprint density at radius 2 is 1.63 bits per heavy atom. The van der Waals surface area contributed by atoms with E-state index in [0.717, 1.165) is 0 Å². The van der Waals surface area contributed by atoms with Crippen LogP contribution in [0, 0.1) is 0 Å². The van der Waals surface area contributed by atoms with E-state index < -0.39 is 14.4 Å². The average Bonchev–Trinajstić information content (AvgIpc) is 2.80. The summed E-state index contributed by atoms with van der Waals surface area (Å²) in [6.07, 6.45) is 0. The number of benzene rings is 2. The average molecular weight is 427 g/mol. The zero-order chi connectivity index (χ0) is 20.9. The second-order valence-electron chi connectivity index (χ2n) is 7.51. The molecule has 1 atom stereocenters. The molecule has 0 amide bonds. The van der Waals surface area contributed by atoms with Crippen molar-refractivity contribution in [3.63, 3.8) is 0 Å². The molecule has 1 heterocycles. The van der Waals surface area contributed by atoms with Crippen LogP contribution in [-0.4, -0.2) is 92.5 Å². The number of aliphatic hydroxyl groups is 1. The van der Waals surface area contributed by atoms with E-state index in [9.17, 15) is 24.9 Å². The molecule has 2 bridgehead atoms. The molecule has 1 unspecified atom stereocenters. The number of anilines is 1. The number of phenols is 2. The van der Waals surface area contributed by atoms with E-state index in [4.69, 9.17) is 5.73 Å². The summed E-state index contributed by atoms with van der Waals surface area (Å²) < 4.78 is -0.794. The number of phenolic OH excluding ortho intramolecular Hbond substituents is 2. The molecule has 2 aliphatic rings. The Hall–Kier alpha value is -0.940. The number of ketones is 2. The zero-order valence-corrected chi connectivity index (χ0v) is 21.0. The van der Waals surface area contributed by atoms with Gasteiger partial charge in [0.25, 0.3) is 0 Å². The monoisotopic (exact) mass is 427 g/mol. The predicted octanol–water partition coefficient (Wildman–Crippen LogP) is -2.03. The van der Waals surface area contributed by atoms with E-state index >= 15 is 0 Å². The van der Waals surface area contributed by atoms with Crippen LogP contribution in [0.3, 0.4) is 0 Å². The molecule has 0 radical (unpaired) electrons. The number of hydrogen-bond donors (Lipinski definition) is 4. The molecule has 4 rings (SSSR count). The first kappa shape index (κ1) is 23.7. The predicted molar refractivity (Wildman–Crippen MR) is 107 cm³/mol. The topological polar surface area (TPSA) is 134 Å². The Labute approximate surface area is 213 Å². The van der Waals surface area contributed by atoms with Crippen molar-refractivity contribution in [1.82, 2.24) is 4.90 Å². The minimum Gasteiger partial charge on any atom is 1.00 e. The summed E-state index contributed by atoms with van der Waals surface area (Å²) in [4.78, 5) is 28.9. The number of aromatic hydroxyl groups is 2. The van der Waals surface area contributed by atoms with Crippen molar-refractivity contribution in [2.45, 2.75) is 2.79 Å².